The van der Waals surface area contributed by atoms with E-state index in [1.807, 2.05) is 0 Å². The van der Waals surface area contributed by atoms with Crippen molar-refractivity contribution in [1.82, 2.24) is 0 Å². The van der Waals surface area contributed by atoms with Crippen LogP contribution in [0.15, 0.2) is 93.4 Å². The topological polar surface area (TPSA) is 0 Å². The van der Waals surface area contributed by atoms with Gasteiger partial charge in [-0.1, -0.05) is 0 Å². The first kappa shape index (κ1) is 41.6. The molecule has 3 aromatic rings. The third-order valence-electron chi connectivity index (χ3n) is 9.98. The van der Waals surface area contributed by atoms with Gasteiger partial charge in [0.1, 0.15) is 0 Å². The standard InChI is InChI=1S/C36H51Si4.3ClH.Ti/c1-27-26-36(4,29(3)28(27)2)40(33-20-14-17-30(23-33)37(5,6)7,34-21-15-18-31(24-34)38(8,9)10)35-22-16-19-32(25-35)39(11,12)13;;;;/h14-25H,1-13H3;3*1H;/q;;;;+3/p-3. The molecule has 8 heteroatoms. The van der Waals surface area contributed by atoms with Crippen LogP contribution in [-0.4, -0.2) is 32.3 Å². The van der Waals surface area contributed by atoms with Crippen molar-refractivity contribution >= 4 is 63.4 Å². The van der Waals surface area contributed by atoms with Crippen LogP contribution < -0.4 is 68.3 Å². The maximum absolute atomic E-state index is 2.70. The van der Waals surface area contributed by atoms with E-state index in [0.29, 0.717) is 0 Å². The summed E-state index contributed by atoms with van der Waals surface area (Å²) < 4.78 is 1.56. The molecule has 0 amide bonds. The van der Waals surface area contributed by atoms with Gasteiger partial charge in [0, 0.05) is 0 Å². The molecule has 0 fully saturated rings. The van der Waals surface area contributed by atoms with Crippen LogP contribution in [0.1, 0.15) is 27.7 Å². The summed E-state index contributed by atoms with van der Waals surface area (Å²) >= 11 is 2.45. The summed E-state index contributed by atoms with van der Waals surface area (Å²) in [6.07, 6.45) is 0. The summed E-state index contributed by atoms with van der Waals surface area (Å²) in [4.78, 5) is 0. The Balaban J connectivity index is 0.00000323. The van der Waals surface area contributed by atoms with E-state index in [2.05, 4.69) is 180 Å². The minimum atomic E-state index is -2.70. The van der Waals surface area contributed by atoms with Gasteiger partial charge in [-0.3, -0.25) is 0 Å². The zero-order valence-corrected chi connectivity index (χ0v) is 36.9. The van der Waals surface area contributed by atoms with Gasteiger partial charge in [0.25, 0.3) is 0 Å². The Morgan fingerprint density at radius 3 is 0.977 bits per heavy atom. The van der Waals surface area contributed by atoms with Crippen molar-refractivity contribution in [1.29, 1.82) is 0 Å². The number of halogens is 3. The van der Waals surface area contributed by atoms with Gasteiger partial charge in [-0.15, -0.1) is 0 Å². The van der Waals surface area contributed by atoms with Gasteiger partial charge in [-0.25, -0.2) is 0 Å². The maximum Gasteiger partial charge on any atom is -1.00 e. The third-order valence-corrected chi connectivity index (χ3v) is 23.5. The molecule has 44 heavy (non-hydrogen) atoms. The van der Waals surface area contributed by atoms with Gasteiger partial charge < -0.3 is 37.2 Å². The summed E-state index contributed by atoms with van der Waals surface area (Å²) in [5.74, 6) is 0. The molecule has 1 atom stereocenters. The van der Waals surface area contributed by atoms with E-state index >= 15 is 0 Å². The van der Waals surface area contributed by atoms with Crippen molar-refractivity contribution in [2.24, 2.45) is 0 Å². The second-order valence-electron chi connectivity index (χ2n) is 15.6. The van der Waals surface area contributed by atoms with E-state index in [9.17, 15) is 0 Å². The fourth-order valence-electron chi connectivity index (χ4n) is 6.90. The van der Waals surface area contributed by atoms with Crippen LogP contribution >= 0.6 is 0 Å². The fraction of sp³-hybridized carbons (Fsp3) is 0.389. The van der Waals surface area contributed by atoms with Gasteiger partial charge in [-0.2, -0.15) is 0 Å². The monoisotopic (exact) mass is 748 g/mol. The minimum Gasteiger partial charge on any atom is -1.00 e. The summed E-state index contributed by atoms with van der Waals surface area (Å²) in [5, 5.41) is 9.33. The third kappa shape index (κ3) is 7.05. The van der Waals surface area contributed by atoms with Crippen LogP contribution in [0.3, 0.4) is 0 Å². The number of hydrogen-bond acceptors (Lipinski definition) is 0. The predicted octanol–water partition coefficient (Wildman–Crippen LogP) is -2.26. The van der Waals surface area contributed by atoms with Crippen molar-refractivity contribution in [2.45, 2.75) is 91.7 Å². The molecule has 4 rings (SSSR count). The molecular weight excluding hydrogens is 699 g/mol. The molecule has 0 saturated heterocycles. The van der Waals surface area contributed by atoms with Gasteiger partial charge in [0.2, 0.25) is 0 Å². The zero-order valence-electron chi connectivity index (χ0n) is 29.1. The first-order valence-electron chi connectivity index (χ1n) is 15.2. The molecule has 0 radical (unpaired) electrons. The Labute approximate surface area is 303 Å². The van der Waals surface area contributed by atoms with Gasteiger partial charge in [0.15, 0.2) is 0 Å². The molecule has 1 aliphatic rings. The van der Waals surface area contributed by atoms with Gasteiger partial charge in [0.05, 0.1) is 0 Å². The number of allylic oxidation sites excluding steroid dienone is 4. The Morgan fingerprint density at radius 1 is 0.477 bits per heavy atom. The Hall–Kier alpha value is -0.408. The second kappa shape index (κ2) is 14.4. The van der Waals surface area contributed by atoms with Crippen LogP contribution in [0.4, 0.5) is 0 Å². The number of hydrogen-bond donors (Lipinski definition) is 0. The zero-order chi connectivity index (χ0) is 30.8. The molecule has 0 saturated carbocycles. The van der Waals surface area contributed by atoms with Crippen molar-refractivity contribution in [3.8, 4) is 0 Å². The summed E-state index contributed by atoms with van der Waals surface area (Å²) in [5.41, 5.74) is 4.55. The normalized spacial score (nSPS) is 17.6. The van der Waals surface area contributed by atoms with Crippen LogP contribution in [0, 0.1) is 0 Å². The molecule has 0 N–H and O–H groups in total. The summed E-state index contributed by atoms with van der Waals surface area (Å²) in [7, 11) is -7.32. The quantitative estimate of drug-likeness (QED) is 0.189. The Bertz CT molecular complexity index is 1390. The molecule has 0 bridgehead atoms. The molecule has 0 spiro atoms. The van der Waals surface area contributed by atoms with E-state index in [1.165, 1.54) is 11.1 Å². The van der Waals surface area contributed by atoms with Crippen molar-refractivity contribution in [2.75, 3.05) is 0 Å². The SMILES string of the molecule is CC1=C(C)C(C)([Si](c2cccc([Si](C)(C)C)c2)(c2cccc([Si](C)(C)C)c2)c2cccc([Si](C)(C)C)c2)[C]([Ti+3])=C1C.[Cl-].[Cl-].[Cl-]. The maximum atomic E-state index is 2.66. The Morgan fingerprint density at radius 2 is 0.750 bits per heavy atom. The molecule has 0 aliphatic heterocycles. The molecule has 0 aromatic heterocycles. The molecule has 0 nitrogen and oxygen atoms in total. The first-order valence-corrected chi connectivity index (χ1v) is 28.5. The molecule has 0 heterocycles. The van der Waals surface area contributed by atoms with Crippen LogP contribution in [0.25, 0.3) is 0 Å². The van der Waals surface area contributed by atoms with Crippen LogP contribution in [0.5, 0.6) is 0 Å². The number of rotatable bonds is 7. The van der Waals surface area contributed by atoms with Crippen molar-refractivity contribution in [3.05, 3.63) is 93.4 Å². The molecule has 236 valence electrons. The average molecular weight is 750 g/mol. The fourth-order valence-corrected chi connectivity index (χ4v) is 18.5. The summed E-state index contributed by atoms with van der Waals surface area (Å²) in [6, 6.07) is 29.9. The first-order chi connectivity index (χ1) is 18.8. The molecule has 3 aromatic carbocycles. The van der Waals surface area contributed by atoms with Crippen molar-refractivity contribution in [3.63, 3.8) is 0 Å². The van der Waals surface area contributed by atoms with E-state index in [-0.39, 0.29) is 42.3 Å². The van der Waals surface area contributed by atoms with E-state index in [4.69, 9.17) is 0 Å². The van der Waals surface area contributed by atoms with Gasteiger partial charge >= 0.3 is 269 Å². The molecular formula is C36H51Cl3Si4Ti. The van der Waals surface area contributed by atoms with Crippen molar-refractivity contribution < 1.29 is 57.7 Å². The van der Waals surface area contributed by atoms with Gasteiger partial charge in [-0.05, 0) is 0 Å². The minimum absolute atomic E-state index is 0. The predicted molar refractivity (Wildman–Crippen MR) is 192 cm³/mol. The van der Waals surface area contributed by atoms with E-state index < -0.39 is 32.3 Å². The largest absolute Gasteiger partial charge is 1.00 e. The summed E-state index contributed by atoms with van der Waals surface area (Å²) in [6.45, 7) is 32.3. The van der Waals surface area contributed by atoms with E-state index in [0.717, 1.165) is 0 Å². The second-order valence-corrected chi connectivity index (χ2v) is 35.9. The van der Waals surface area contributed by atoms with E-state index in [1.54, 1.807) is 40.6 Å². The average Bonchev–Trinajstić information content (AvgIpc) is 3.04. The Kier molecular flexibility index (Phi) is 13.6. The smallest absolute Gasteiger partial charge is 1.00 e. The van der Waals surface area contributed by atoms with Crippen LogP contribution in [-0.2, 0) is 20.4 Å². The van der Waals surface area contributed by atoms with Crippen LogP contribution in [0.2, 0.25) is 64.0 Å². The molecule has 1 aliphatic carbocycles. The number of benzene rings is 3. The molecule has 1 unspecified atom stereocenters.